The molecule has 1 heterocycles. The van der Waals surface area contributed by atoms with Gasteiger partial charge in [-0.15, -0.1) is 0 Å². The van der Waals surface area contributed by atoms with Crippen LogP contribution in [0.1, 0.15) is 23.1 Å². The third-order valence-corrected chi connectivity index (χ3v) is 5.50. The lowest BCUT2D eigenvalue weighted by atomic mass is 9.98. The quantitative estimate of drug-likeness (QED) is 0.660. The SMILES string of the molecule is N#C/C=C1\CCc2c(Br)c(Br)c3c(c21)CCO3. The van der Waals surface area contributed by atoms with Crippen LogP contribution in [0.15, 0.2) is 15.0 Å². The number of nitriles is 1. The molecule has 4 heteroatoms. The third-order valence-electron chi connectivity index (χ3n) is 3.34. The van der Waals surface area contributed by atoms with E-state index >= 15 is 0 Å². The van der Waals surface area contributed by atoms with E-state index in [0.29, 0.717) is 0 Å². The Hall–Kier alpha value is -0.790. The number of allylic oxidation sites excluding steroid dienone is 2. The highest BCUT2D eigenvalue weighted by molar-refractivity contribution is 9.13. The van der Waals surface area contributed by atoms with Crippen molar-refractivity contribution in [1.82, 2.24) is 0 Å². The van der Waals surface area contributed by atoms with Crippen molar-refractivity contribution < 1.29 is 4.74 Å². The Balaban J connectivity index is 2.33. The molecule has 17 heavy (non-hydrogen) atoms. The summed E-state index contributed by atoms with van der Waals surface area (Å²) in [4.78, 5) is 0. The maximum absolute atomic E-state index is 8.85. The van der Waals surface area contributed by atoms with Crippen LogP contribution in [-0.2, 0) is 12.8 Å². The van der Waals surface area contributed by atoms with E-state index in [2.05, 4.69) is 37.9 Å². The van der Waals surface area contributed by atoms with E-state index in [1.54, 1.807) is 6.08 Å². The van der Waals surface area contributed by atoms with Gasteiger partial charge in [-0.05, 0) is 61.4 Å². The number of rotatable bonds is 0. The molecule has 86 valence electrons. The molecule has 0 amide bonds. The van der Waals surface area contributed by atoms with Gasteiger partial charge in [0.1, 0.15) is 5.75 Å². The second-order valence-electron chi connectivity index (χ2n) is 4.19. The summed E-state index contributed by atoms with van der Waals surface area (Å²) >= 11 is 7.21. The highest BCUT2D eigenvalue weighted by Gasteiger charge is 2.30. The van der Waals surface area contributed by atoms with Crippen LogP contribution < -0.4 is 4.74 Å². The first-order valence-electron chi connectivity index (χ1n) is 5.48. The van der Waals surface area contributed by atoms with Gasteiger partial charge >= 0.3 is 0 Å². The van der Waals surface area contributed by atoms with E-state index in [9.17, 15) is 0 Å². The van der Waals surface area contributed by atoms with Crippen LogP contribution in [0.25, 0.3) is 5.57 Å². The van der Waals surface area contributed by atoms with E-state index in [1.165, 1.54) is 16.7 Å². The molecule has 0 bridgehead atoms. The van der Waals surface area contributed by atoms with Gasteiger partial charge < -0.3 is 4.74 Å². The molecule has 1 aromatic carbocycles. The Morgan fingerprint density at radius 3 is 2.71 bits per heavy atom. The van der Waals surface area contributed by atoms with E-state index in [1.807, 2.05) is 0 Å². The molecule has 0 atom stereocenters. The molecule has 0 saturated carbocycles. The van der Waals surface area contributed by atoms with Crippen LogP contribution in [0.5, 0.6) is 5.75 Å². The summed E-state index contributed by atoms with van der Waals surface area (Å²) < 4.78 is 7.77. The molecule has 1 aliphatic carbocycles. The van der Waals surface area contributed by atoms with E-state index in [0.717, 1.165) is 46.1 Å². The highest BCUT2D eigenvalue weighted by atomic mass is 79.9. The summed E-state index contributed by atoms with van der Waals surface area (Å²) in [6, 6.07) is 2.15. The minimum absolute atomic E-state index is 0.733. The van der Waals surface area contributed by atoms with Crippen molar-refractivity contribution in [3.63, 3.8) is 0 Å². The molecule has 1 aromatic rings. The fourth-order valence-corrected chi connectivity index (χ4v) is 3.81. The molecule has 3 rings (SSSR count). The minimum atomic E-state index is 0.733. The summed E-state index contributed by atoms with van der Waals surface area (Å²) in [5.41, 5.74) is 4.96. The van der Waals surface area contributed by atoms with E-state index in [-0.39, 0.29) is 0 Å². The fraction of sp³-hybridized carbons (Fsp3) is 0.308. The second-order valence-corrected chi connectivity index (χ2v) is 5.77. The number of hydrogen-bond acceptors (Lipinski definition) is 2. The lowest BCUT2D eigenvalue weighted by molar-refractivity contribution is 0.354. The Morgan fingerprint density at radius 1 is 1.12 bits per heavy atom. The van der Waals surface area contributed by atoms with Crippen molar-refractivity contribution in [3.8, 4) is 11.8 Å². The molecular weight excluding hydrogens is 346 g/mol. The lowest BCUT2D eigenvalue weighted by Crippen LogP contribution is -1.92. The predicted octanol–water partition coefficient (Wildman–Crippen LogP) is 4.00. The Labute approximate surface area is 117 Å². The first kappa shape index (κ1) is 11.3. The second kappa shape index (κ2) is 4.15. The molecule has 0 fully saturated rings. The smallest absolute Gasteiger partial charge is 0.138 e. The molecule has 0 saturated heterocycles. The fourth-order valence-electron chi connectivity index (χ4n) is 2.64. The van der Waals surface area contributed by atoms with Crippen LogP contribution in [0.2, 0.25) is 0 Å². The molecule has 0 radical (unpaired) electrons. The molecule has 1 aliphatic heterocycles. The van der Waals surface area contributed by atoms with Crippen LogP contribution in [0, 0.1) is 11.3 Å². The van der Waals surface area contributed by atoms with Crippen molar-refractivity contribution in [1.29, 1.82) is 5.26 Å². The topological polar surface area (TPSA) is 33.0 Å². The van der Waals surface area contributed by atoms with Crippen molar-refractivity contribution in [2.24, 2.45) is 0 Å². The molecule has 0 unspecified atom stereocenters. The Morgan fingerprint density at radius 2 is 1.94 bits per heavy atom. The molecule has 0 aromatic heterocycles. The number of halogens is 2. The summed E-state index contributed by atoms with van der Waals surface area (Å²) in [6.07, 6.45) is 4.55. The van der Waals surface area contributed by atoms with E-state index in [4.69, 9.17) is 10.00 Å². The van der Waals surface area contributed by atoms with Gasteiger partial charge in [0.2, 0.25) is 0 Å². The van der Waals surface area contributed by atoms with E-state index < -0.39 is 0 Å². The van der Waals surface area contributed by atoms with Crippen molar-refractivity contribution in [2.45, 2.75) is 19.3 Å². The average Bonchev–Trinajstić information content (AvgIpc) is 2.92. The molecule has 2 nitrogen and oxygen atoms in total. The van der Waals surface area contributed by atoms with Gasteiger partial charge in [0.05, 0.1) is 17.1 Å². The largest absolute Gasteiger partial charge is 0.492 e. The predicted molar refractivity (Wildman–Crippen MR) is 73.0 cm³/mol. The maximum atomic E-state index is 8.85. The zero-order chi connectivity index (χ0) is 12.0. The van der Waals surface area contributed by atoms with Crippen molar-refractivity contribution in [3.05, 3.63) is 31.7 Å². The van der Waals surface area contributed by atoms with Gasteiger partial charge in [-0.1, -0.05) is 0 Å². The molecule has 0 spiro atoms. The zero-order valence-corrected chi connectivity index (χ0v) is 12.2. The first-order valence-corrected chi connectivity index (χ1v) is 7.07. The molecular formula is C13H9Br2NO. The van der Waals surface area contributed by atoms with Gasteiger partial charge in [0.25, 0.3) is 0 Å². The van der Waals surface area contributed by atoms with Gasteiger partial charge in [0, 0.05) is 22.5 Å². The van der Waals surface area contributed by atoms with Crippen LogP contribution in [0.3, 0.4) is 0 Å². The molecule has 2 aliphatic rings. The first-order chi connectivity index (χ1) is 8.24. The summed E-state index contributed by atoms with van der Waals surface area (Å²) in [6.45, 7) is 0.733. The zero-order valence-electron chi connectivity index (χ0n) is 9.02. The monoisotopic (exact) mass is 353 g/mol. The van der Waals surface area contributed by atoms with Crippen molar-refractivity contribution in [2.75, 3.05) is 6.61 Å². The Kier molecular flexibility index (Phi) is 2.76. The number of nitrogens with zero attached hydrogens (tertiary/aromatic N) is 1. The van der Waals surface area contributed by atoms with Gasteiger partial charge in [-0.3, -0.25) is 0 Å². The van der Waals surface area contributed by atoms with Crippen molar-refractivity contribution >= 4 is 37.4 Å². The van der Waals surface area contributed by atoms with Gasteiger partial charge in [-0.25, -0.2) is 0 Å². The number of hydrogen-bond donors (Lipinski definition) is 0. The normalized spacial score (nSPS) is 18.8. The van der Waals surface area contributed by atoms with Crippen LogP contribution in [-0.4, -0.2) is 6.61 Å². The number of benzene rings is 1. The van der Waals surface area contributed by atoms with Crippen LogP contribution in [0.4, 0.5) is 0 Å². The molecule has 0 N–H and O–H groups in total. The van der Waals surface area contributed by atoms with Gasteiger partial charge in [-0.2, -0.15) is 5.26 Å². The average molecular weight is 355 g/mol. The number of ether oxygens (including phenoxy) is 1. The maximum Gasteiger partial charge on any atom is 0.138 e. The third kappa shape index (κ3) is 1.56. The van der Waals surface area contributed by atoms with Gasteiger partial charge in [0.15, 0.2) is 0 Å². The Bertz CT molecular complexity index is 584. The highest BCUT2D eigenvalue weighted by Crippen LogP contribution is 2.49. The summed E-state index contributed by atoms with van der Waals surface area (Å²) in [5.74, 6) is 0.946. The summed E-state index contributed by atoms with van der Waals surface area (Å²) in [5, 5.41) is 8.85. The van der Waals surface area contributed by atoms with Crippen LogP contribution >= 0.6 is 31.9 Å². The minimum Gasteiger partial charge on any atom is -0.492 e. The standard InChI is InChI=1S/C13H9Br2NO/c14-11-8-2-1-7(3-5-16)10(8)9-4-6-17-13(9)12(11)15/h3H,1-2,4,6H2/b7-3+. The lowest BCUT2D eigenvalue weighted by Gasteiger charge is -2.12. The number of fused-ring (bicyclic) bond motifs is 3. The summed E-state index contributed by atoms with van der Waals surface area (Å²) in [7, 11) is 0.